The van der Waals surface area contributed by atoms with Crippen molar-refractivity contribution in [3.8, 4) is 11.3 Å². The summed E-state index contributed by atoms with van der Waals surface area (Å²) in [5, 5.41) is 0. The number of aromatic nitrogens is 4. The summed E-state index contributed by atoms with van der Waals surface area (Å²) in [5.74, 6) is 1.02. The third-order valence-corrected chi connectivity index (χ3v) is 4.00. The van der Waals surface area contributed by atoms with E-state index in [2.05, 4.69) is 62.5 Å². The van der Waals surface area contributed by atoms with Crippen LogP contribution < -0.4 is 0 Å². The number of benzene rings is 1. The number of hydrogen-bond acceptors (Lipinski definition) is 2. The lowest BCUT2D eigenvalue weighted by atomic mass is 10.1. The second kappa shape index (κ2) is 4.19. The Morgan fingerprint density at radius 1 is 0.952 bits per heavy atom. The molecule has 3 aromatic heterocycles. The van der Waals surface area contributed by atoms with Crippen LogP contribution in [0.5, 0.6) is 0 Å². The fourth-order valence-electron chi connectivity index (χ4n) is 2.72. The van der Waals surface area contributed by atoms with Gasteiger partial charge >= 0.3 is 0 Å². The Labute approximate surface area is 122 Å². The van der Waals surface area contributed by atoms with Crippen LogP contribution in [0.15, 0.2) is 42.7 Å². The maximum Gasteiger partial charge on any atom is 0.137 e. The summed E-state index contributed by atoms with van der Waals surface area (Å²) in [4.78, 5) is 9.28. The van der Waals surface area contributed by atoms with Crippen LogP contribution in [0, 0.1) is 13.8 Å². The second-order valence-corrected chi connectivity index (χ2v) is 5.52. The zero-order chi connectivity index (χ0) is 14.6. The molecule has 4 rings (SSSR count). The van der Waals surface area contributed by atoms with E-state index in [4.69, 9.17) is 0 Å². The first kappa shape index (κ1) is 12.1. The Balaban J connectivity index is 1.91. The Morgan fingerprint density at radius 3 is 2.67 bits per heavy atom. The van der Waals surface area contributed by atoms with Crippen molar-refractivity contribution in [2.45, 2.75) is 13.8 Å². The SMILES string of the molecule is Cc1ccc2nc(-c3ccc4c(c3)nc(C)n4C)cn2c1. The number of pyridine rings is 1. The highest BCUT2D eigenvalue weighted by atomic mass is 15.0. The molecule has 4 heteroatoms. The van der Waals surface area contributed by atoms with E-state index >= 15 is 0 Å². The number of imidazole rings is 2. The first-order chi connectivity index (χ1) is 10.1. The molecule has 0 saturated heterocycles. The van der Waals surface area contributed by atoms with Crippen molar-refractivity contribution < 1.29 is 0 Å². The van der Waals surface area contributed by atoms with Gasteiger partial charge in [0.1, 0.15) is 11.5 Å². The predicted octanol–water partition coefficient (Wildman–Crippen LogP) is 3.50. The molecule has 0 aliphatic rings. The van der Waals surface area contributed by atoms with Crippen LogP contribution in [0.4, 0.5) is 0 Å². The van der Waals surface area contributed by atoms with Crippen molar-refractivity contribution in [1.29, 1.82) is 0 Å². The molecule has 0 spiro atoms. The minimum atomic E-state index is 0.966. The predicted molar refractivity (Wildman–Crippen MR) is 84.4 cm³/mol. The van der Waals surface area contributed by atoms with E-state index in [1.807, 2.05) is 20.0 Å². The molecule has 0 saturated carbocycles. The lowest BCUT2D eigenvalue weighted by molar-refractivity contribution is 0.886. The summed E-state index contributed by atoms with van der Waals surface area (Å²) in [5.41, 5.74) is 6.43. The van der Waals surface area contributed by atoms with E-state index in [-0.39, 0.29) is 0 Å². The summed E-state index contributed by atoms with van der Waals surface area (Å²) >= 11 is 0. The molecular formula is C17H16N4. The maximum atomic E-state index is 4.69. The molecule has 3 heterocycles. The summed E-state index contributed by atoms with van der Waals surface area (Å²) in [6.07, 6.45) is 4.16. The molecule has 0 radical (unpaired) electrons. The smallest absolute Gasteiger partial charge is 0.137 e. The highest BCUT2D eigenvalue weighted by Crippen LogP contribution is 2.24. The number of aryl methyl sites for hydroxylation is 3. The normalized spacial score (nSPS) is 11.6. The molecule has 0 fully saturated rings. The van der Waals surface area contributed by atoms with E-state index in [9.17, 15) is 0 Å². The first-order valence-electron chi connectivity index (χ1n) is 7.00. The first-order valence-corrected chi connectivity index (χ1v) is 7.00. The van der Waals surface area contributed by atoms with Crippen molar-refractivity contribution in [3.63, 3.8) is 0 Å². The molecule has 0 bridgehead atoms. The van der Waals surface area contributed by atoms with Gasteiger partial charge in [-0.2, -0.15) is 0 Å². The fourth-order valence-corrected chi connectivity index (χ4v) is 2.72. The van der Waals surface area contributed by atoms with Crippen LogP contribution in [0.1, 0.15) is 11.4 Å². The Morgan fingerprint density at radius 2 is 1.81 bits per heavy atom. The van der Waals surface area contributed by atoms with Gasteiger partial charge in [0.15, 0.2) is 0 Å². The highest BCUT2D eigenvalue weighted by Gasteiger charge is 2.08. The van der Waals surface area contributed by atoms with E-state index in [1.165, 1.54) is 5.56 Å². The quantitative estimate of drug-likeness (QED) is 0.533. The zero-order valence-corrected chi connectivity index (χ0v) is 12.3. The van der Waals surface area contributed by atoms with Crippen molar-refractivity contribution in [2.75, 3.05) is 0 Å². The molecule has 0 atom stereocenters. The van der Waals surface area contributed by atoms with Crippen molar-refractivity contribution in [3.05, 3.63) is 54.1 Å². The largest absolute Gasteiger partial charge is 0.331 e. The minimum absolute atomic E-state index is 0.966. The molecule has 104 valence electrons. The molecular weight excluding hydrogens is 260 g/mol. The van der Waals surface area contributed by atoms with Crippen LogP contribution >= 0.6 is 0 Å². The van der Waals surface area contributed by atoms with E-state index in [1.54, 1.807) is 0 Å². The van der Waals surface area contributed by atoms with Crippen LogP contribution in [-0.2, 0) is 7.05 Å². The third-order valence-electron chi connectivity index (χ3n) is 4.00. The van der Waals surface area contributed by atoms with Gasteiger partial charge in [0.2, 0.25) is 0 Å². The molecule has 0 N–H and O–H groups in total. The second-order valence-electron chi connectivity index (χ2n) is 5.52. The van der Waals surface area contributed by atoms with Crippen molar-refractivity contribution >= 4 is 16.7 Å². The Kier molecular flexibility index (Phi) is 2.42. The van der Waals surface area contributed by atoms with Gasteiger partial charge < -0.3 is 8.97 Å². The summed E-state index contributed by atoms with van der Waals surface area (Å²) in [7, 11) is 2.04. The number of rotatable bonds is 1. The monoisotopic (exact) mass is 276 g/mol. The van der Waals surface area contributed by atoms with E-state index in [0.717, 1.165) is 33.8 Å². The number of fused-ring (bicyclic) bond motifs is 2. The molecule has 0 aliphatic heterocycles. The van der Waals surface area contributed by atoms with Gasteiger partial charge in [-0.05, 0) is 37.6 Å². The molecule has 21 heavy (non-hydrogen) atoms. The van der Waals surface area contributed by atoms with E-state index in [0.29, 0.717) is 0 Å². The average Bonchev–Trinajstić information content (AvgIpc) is 3.00. The Bertz CT molecular complexity index is 975. The third kappa shape index (κ3) is 1.83. The van der Waals surface area contributed by atoms with Crippen molar-refractivity contribution in [1.82, 2.24) is 18.9 Å². The zero-order valence-electron chi connectivity index (χ0n) is 12.3. The molecule has 4 aromatic rings. The minimum Gasteiger partial charge on any atom is -0.331 e. The van der Waals surface area contributed by atoms with Crippen LogP contribution in [0.25, 0.3) is 27.9 Å². The average molecular weight is 276 g/mol. The van der Waals surface area contributed by atoms with Gasteiger partial charge in [-0.3, -0.25) is 0 Å². The van der Waals surface area contributed by atoms with Gasteiger partial charge in [-0.15, -0.1) is 0 Å². The van der Waals surface area contributed by atoms with Crippen LogP contribution in [0.2, 0.25) is 0 Å². The van der Waals surface area contributed by atoms with E-state index < -0.39 is 0 Å². The Hall–Kier alpha value is -2.62. The molecule has 0 unspecified atom stereocenters. The summed E-state index contributed by atoms with van der Waals surface area (Å²) < 4.78 is 4.17. The molecule has 0 amide bonds. The molecule has 0 aliphatic carbocycles. The van der Waals surface area contributed by atoms with Gasteiger partial charge in [-0.25, -0.2) is 9.97 Å². The lowest BCUT2D eigenvalue weighted by Gasteiger charge is -1.98. The maximum absolute atomic E-state index is 4.69. The topological polar surface area (TPSA) is 35.1 Å². The van der Waals surface area contributed by atoms with Gasteiger partial charge in [-0.1, -0.05) is 12.1 Å². The number of hydrogen-bond donors (Lipinski definition) is 0. The van der Waals surface area contributed by atoms with Gasteiger partial charge in [0, 0.05) is 25.0 Å². The summed E-state index contributed by atoms with van der Waals surface area (Å²) in [6, 6.07) is 10.5. The van der Waals surface area contributed by atoms with Crippen LogP contribution in [-0.4, -0.2) is 18.9 Å². The lowest BCUT2D eigenvalue weighted by Crippen LogP contribution is -1.89. The number of nitrogens with zero attached hydrogens (tertiary/aromatic N) is 4. The molecule has 1 aromatic carbocycles. The molecule has 4 nitrogen and oxygen atoms in total. The fraction of sp³-hybridized carbons (Fsp3) is 0.176. The highest BCUT2D eigenvalue weighted by molar-refractivity contribution is 5.82. The van der Waals surface area contributed by atoms with Crippen LogP contribution in [0.3, 0.4) is 0 Å². The standard InChI is InChI=1S/C17H16N4/c1-11-4-7-17-19-15(10-21(17)9-11)13-5-6-16-14(8-13)18-12(2)20(16)3/h4-10H,1-3H3. The van der Waals surface area contributed by atoms with Gasteiger partial charge in [0.05, 0.1) is 16.7 Å². The van der Waals surface area contributed by atoms with Gasteiger partial charge in [0.25, 0.3) is 0 Å². The summed E-state index contributed by atoms with van der Waals surface area (Å²) in [6.45, 7) is 4.11. The van der Waals surface area contributed by atoms with Crippen molar-refractivity contribution in [2.24, 2.45) is 7.05 Å².